The van der Waals surface area contributed by atoms with Gasteiger partial charge in [-0.25, -0.2) is 9.97 Å². The van der Waals surface area contributed by atoms with Gasteiger partial charge in [-0.2, -0.15) is 0 Å². The Hall–Kier alpha value is -2.36. The van der Waals surface area contributed by atoms with Gasteiger partial charge in [0.15, 0.2) is 6.23 Å². The van der Waals surface area contributed by atoms with E-state index < -0.39 is 29.6 Å². The van der Waals surface area contributed by atoms with Crippen LogP contribution in [0.1, 0.15) is 42.5 Å². The first-order valence-corrected chi connectivity index (χ1v) is 10.6. The SMILES string of the molecule is Cc1ncnc2c1ccn2[C@@H]1O[C@H]([C@](C)(O)c2cccc3c2CNCC3)[C@@](C)(O)[C@H]1O. The van der Waals surface area contributed by atoms with E-state index in [9.17, 15) is 15.3 Å². The Bertz CT molecular complexity index is 1140. The fourth-order valence-electron chi connectivity index (χ4n) is 5.15. The minimum Gasteiger partial charge on any atom is -0.385 e. The Morgan fingerprint density at radius 3 is 2.90 bits per heavy atom. The van der Waals surface area contributed by atoms with E-state index in [2.05, 4.69) is 21.4 Å². The van der Waals surface area contributed by atoms with Crippen LogP contribution in [0.5, 0.6) is 0 Å². The molecule has 2 aliphatic heterocycles. The number of benzene rings is 1. The van der Waals surface area contributed by atoms with Gasteiger partial charge in [0.25, 0.3) is 0 Å². The largest absolute Gasteiger partial charge is 0.385 e. The minimum absolute atomic E-state index is 0.605. The summed E-state index contributed by atoms with van der Waals surface area (Å²) in [6.07, 6.45) is 0.866. The topological polar surface area (TPSA) is 113 Å². The van der Waals surface area contributed by atoms with Crippen LogP contribution in [0.2, 0.25) is 0 Å². The molecule has 2 aliphatic rings. The van der Waals surface area contributed by atoms with Crippen molar-refractivity contribution < 1.29 is 20.1 Å². The smallest absolute Gasteiger partial charge is 0.164 e. The van der Waals surface area contributed by atoms with Crippen molar-refractivity contribution in [3.63, 3.8) is 0 Å². The number of nitrogens with one attached hydrogen (secondary N) is 1. The first kappa shape index (κ1) is 20.5. The highest BCUT2D eigenvalue weighted by atomic mass is 16.6. The minimum atomic E-state index is -1.70. The van der Waals surface area contributed by atoms with E-state index in [-0.39, 0.29) is 0 Å². The highest BCUT2D eigenvalue weighted by molar-refractivity contribution is 5.78. The Kier molecular flexibility index (Phi) is 4.69. The molecule has 31 heavy (non-hydrogen) atoms. The Morgan fingerprint density at radius 2 is 2.10 bits per heavy atom. The molecule has 3 aromatic rings. The summed E-state index contributed by atoms with van der Waals surface area (Å²) in [7, 11) is 0. The molecule has 8 nitrogen and oxygen atoms in total. The molecule has 2 aromatic heterocycles. The van der Waals surface area contributed by atoms with Crippen molar-refractivity contribution in [3.05, 3.63) is 59.2 Å². The van der Waals surface area contributed by atoms with Gasteiger partial charge in [-0.15, -0.1) is 0 Å². The van der Waals surface area contributed by atoms with Gasteiger partial charge < -0.3 is 29.9 Å². The van der Waals surface area contributed by atoms with Crippen molar-refractivity contribution in [3.8, 4) is 0 Å². The van der Waals surface area contributed by atoms with Gasteiger partial charge in [0.1, 0.15) is 35.4 Å². The van der Waals surface area contributed by atoms with Crippen molar-refractivity contribution in [2.75, 3.05) is 6.54 Å². The Labute approximate surface area is 180 Å². The third kappa shape index (κ3) is 3.01. The first-order chi connectivity index (χ1) is 14.7. The van der Waals surface area contributed by atoms with E-state index in [4.69, 9.17) is 4.74 Å². The van der Waals surface area contributed by atoms with Crippen molar-refractivity contribution in [2.24, 2.45) is 0 Å². The summed E-state index contributed by atoms with van der Waals surface area (Å²) < 4.78 is 7.92. The van der Waals surface area contributed by atoms with Crippen molar-refractivity contribution in [1.82, 2.24) is 19.9 Å². The molecule has 1 saturated heterocycles. The van der Waals surface area contributed by atoms with Gasteiger partial charge in [0.2, 0.25) is 0 Å². The maximum Gasteiger partial charge on any atom is 0.164 e. The van der Waals surface area contributed by atoms with Gasteiger partial charge in [-0.3, -0.25) is 0 Å². The molecule has 5 rings (SSSR count). The lowest BCUT2D eigenvalue weighted by atomic mass is 9.77. The summed E-state index contributed by atoms with van der Waals surface area (Å²) >= 11 is 0. The zero-order valence-corrected chi connectivity index (χ0v) is 17.9. The zero-order chi connectivity index (χ0) is 22.0. The van der Waals surface area contributed by atoms with Crippen LogP contribution in [-0.2, 0) is 23.3 Å². The molecule has 8 heteroatoms. The number of aromatic nitrogens is 3. The molecule has 1 fully saturated rings. The molecule has 164 valence electrons. The third-order valence-electron chi connectivity index (χ3n) is 6.86. The second-order valence-electron chi connectivity index (χ2n) is 9.01. The van der Waals surface area contributed by atoms with Crippen molar-refractivity contribution in [1.29, 1.82) is 0 Å². The average Bonchev–Trinajstić information content (AvgIpc) is 3.27. The number of ether oxygens (including phenoxy) is 1. The van der Waals surface area contributed by atoms with Gasteiger partial charge >= 0.3 is 0 Å². The van der Waals surface area contributed by atoms with Crippen LogP contribution in [0.15, 0.2) is 36.8 Å². The summed E-state index contributed by atoms with van der Waals surface area (Å²) in [6, 6.07) is 7.71. The van der Waals surface area contributed by atoms with Gasteiger partial charge in [-0.05, 0) is 56.5 Å². The fraction of sp³-hybridized carbons (Fsp3) is 0.478. The normalized spacial score (nSPS) is 30.3. The van der Waals surface area contributed by atoms with Crippen LogP contribution in [-0.4, -0.2) is 54.2 Å². The zero-order valence-electron chi connectivity index (χ0n) is 17.9. The molecule has 5 atom stereocenters. The molecule has 0 bridgehead atoms. The molecule has 0 saturated carbocycles. The maximum absolute atomic E-state index is 11.7. The number of fused-ring (bicyclic) bond motifs is 2. The van der Waals surface area contributed by atoms with E-state index in [0.717, 1.165) is 29.6 Å². The molecule has 4 heterocycles. The Morgan fingerprint density at radius 1 is 1.29 bits per heavy atom. The van der Waals surface area contributed by atoms with Crippen LogP contribution in [0.4, 0.5) is 0 Å². The summed E-state index contributed by atoms with van der Waals surface area (Å²) in [6.45, 7) is 6.57. The van der Waals surface area contributed by atoms with E-state index in [1.807, 2.05) is 25.1 Å². The maximum atomic E-state index is 11.7. The van der Waals surface area contributed by atoms with Crippen LogP contribution < -0.4 is 5.32 Å². The van der Waals surface area contributed by atoms with Crippen LogP contribution in [0, 0.1) is 6.92 Å². The predicted octanol–water partition coefficient (Wildman–Crippen LogP) is 1.30. The lowest BCUT2D eigenvalue weighted by Gasteiger charge is -2.39. The molecule has 4 N–H and O–H groups in total. The summed E-state index contributed by atoms with van der Waals surface area (Å²) in [4.78, 5) is 8.55. The lowest BCUT2D eigenvalue weighted by molar-refractivity contribution is -0.162. The van der Waals surface area contributed by atoms with E-state index in [1.165, 1.54) is 18.8 Å². The number of hydrogen-bond donors (Lipinski definition) is 4. The predicted molar refractivity (Wildman–Crippen MR) is 114 cm³/mol. The molecule has 0 radical (unpaired) electrons. The molecule has 0 aliphatic carbocycles. The summed E-state index contributed by atoms with van der Waals surface area (Å²) in [5, 5.41) is 38.3. The second-order valence-corrected chi connectivity index (χ2v) is 9.01. The van der Waals surface area contributed by atoms with Gasteiger partial charge in [0.05, 0.1) is 5.69 Å². The lowest BCUT2D eigenvalue weighted by Crippen LogP contribution is -2.54. The quantitative estimate of drug-likeness (QED) is 0.501. The number of aryl methyl sites for hydroxylation is 1. The van der Waals surface area contributed by atoms with Gasteiger partial charge in [-0.1, -0.05) is 18.2 Å². The number of nitrogens with zero attached hydrogens (tertiary/aromatic N) is 3. The van der Waals surface area contributed by atoms with Crippen LogP contribution in [0.3, 0.4) is 0 Å². The number of aliphatic hydroxyl groups excluding tert-OH is 1. The summed E-state index contributed by atoms with van der Waals surface area (Å²) in [5.41, 5.74) is 1.09. The highest BCUT2D eigenvalue weighted by Crippen LogP contribution is 2.46. The van der Waals surface area contributed by atoms with Crippen molar-refractivity contribution in [2.45, 2.75) is 63.4 Å². The number of hydrogen-bond acceptors (Lipinski definition) is 7. The Balaban J connectivity index is 1.57. The standard InChI is InChI=1S/C23H28N4O4/c1-13-15-8-10-27(19(15)26-12-25-13)20-18(28)23(3,30)21(31-20)22(2,29)17-6-4-5-14-7-9-24-11-16(14)17/h4-6,8,10,12,18,20-21,24,28-30H,7,9,11H2,1-3H3/t18-,20+,21+,22+,23-/m0/s1. The van der Waals surface area contributed by atoms with Crippen LogP contribution in [0.25, 0.3) is 11.0 Å². The molecular formula is C23H28N4O4. The monoisotopic (exact) mass is 424 g/mol. The molecule has 1 aromatic carbocycles. The first-order valence-electron chi connectivity index (χ1n) is 10.6. The van der Waals surface area contributed by atoms with E-state index in [0.29, 0.717) is 17.8 Å². The van der Waals surface area contributed by atoms with Crippen molar-refractivity contribution >= 4 is 11.0 Å². The molecule has 0 unspecified atom stereocenters. The van der Waals surface area contributed by atoms with Crippen LogP contribution >= 0.6 is 0 Å². The van der Waals surface area contributed by atoms with E-state index in [1.54, 1.807) is 17.7 Å². The molecule has 0 spiro atoms. The molecular weight excluding hydrogens is 396 g/mol. The molecule has 0 amide bonds. The summed E-state index contributed by atoms with van der Waals surface area (Å²) in [5.74, 6) is 0. The third-order valence-corrected chi connectivity index (χ3v) is 6.86. The number of rotatable bonds is 3. The van der Waals surface area contributed by atoms with Gasteiger partial charge in [0, 0.05) is 18.1 Å². The fourth-order valence-corrected chi connectivity index (χ4v) is 5.15. The second kappa shape index (κ2) is 7.08. The highest BCUT2D eigenvalue weighted by Gasteiger charge is 2.60. The van der Waals surface area contributed by atoms with E-state index >= 15 is 0 Å². The number of aliphatic hydroxyl groups is 3. The average molecular weight is 425 g/mol.